The van der Waals surface area contributed by atoms with Crippen molar-refractivity contribution >= 4 is 34.8 Å². The largest absolute Gasteiger partial charge is 0.465 e. The molecule has 0 fully saturated rings. The molecular formula is C10H15ClN2O2S. The van der Waals surface area contributed by atoms with E-state index in [0.717, 1.165) is 29.8 Å². The Morgan fingerprint density at radius 3 is 3.12 bits per heavy atom. The Kier molecular flexibility index (Phi) is 4.56. The third-order valence-electron chi connectivity index (χ3n) is 2.54. The maximum absolute atomic E-state index is 11.7. The average molecular weight is 263 g/mol. The molecule has 0 bridgehead atoms. The van der Waals surface area contributed by atoms with Crippen molar-refractivity contribution in [3.8, 4) is 0 Å². The number of ether oxygens (including phenoxy) is 1. The van der Waals surface area contributed by atoms with E-state index in [1.807, 2.05) is 6.92 Å². The molecule has 1 atom stereocenters. The monoisotopic (exact) mass is 262 g/mol. The summed E-state index contributed by atoms with van der Waals surface area (Å²) in [4.78, 5) is 17.1. The maximum Gasteiger partial charge on any atom is 0.315 e. The zero-order chi connectivity index (χ0) is 10.8. The number of nitrogens with two attached hydrogens (primary N) is 1. The van der Waals surface area contributed by atoms with Crippen LogP contribution in [-0.2, 0) is 16.0 Å². The highest BCUT2D eigenvalue weighted by Gasteiger charge is 2.30. The number of thiazole rings is 1. The number of nitrogen functional groups attached to an aromatic ring is 1. The minimum absolute atomic E-state index is 0. The van der Waals surface area contributed by atoms with Gasteiger partial charge >= 0.3 is 5.97 Å². The third-order valence-corrected chi connectivity index (χ3v) is 3.50. The van der Waals surface area contributed by atoms with E-state index in [0.29, 0.717) is 11.7 Å². The SMILES string of the molecule is CCOC(=O)C1CCCc2sc(N)nc21.Cl. The van der Waals surface area contributed by atoms with Gasteiger partial charge in [-0.1, -0.05) is 0 Å². The highest BCUT2D eigenvalue weighted by Crippen LogP contribution is 2.36. The van der Waals surface area contributed by atoms with Crippen LogP contribution in [0, 0.1) is 0 Å². The number of aryl methyl sites for hydroxylation is 1. The molecule has 6 heteroatoms. The molecular weight excluding hydrogens is 248 g/mol. The van der Waals surface area contributed by atoms with Crippen LogP contribution in [0.15, 0.2) is 0 Å². The molecule has 4 nitrogen and oxygen atoms in total. The number of carbonyl (C=O) groups excluding carboxylic acids is 1. The molecule has 1 unspecified atom stereocenters. The van der Waals surface area contributed by atoms with Crippen LogP contribution in [0.2, 0.25) is 0 Å². The smallest absolute Gasteiger partial charge is 0.315 e. The van der Waals surface area contributed by atoms with E-state index in [9.17, 15) is 4.79 Å². The number of nitrogens with zero attached hydrogens (tertiary/aromatic N) is 1. The van der Waals surface area contributed by atoms with Gasteiger partial charge in [-0.25, -0.2) is 4.98 Å². The first-order valence-electron chi connectivity index (χ1n) is 5.14. The van der Waals surface area contributed by atoms with Crippen LogP contribution in [0.3, 0.4) is 0 Å². The molecule has 1 aliphatic carbocycles. The molecule has 0 aromatic carbocycles. The van der Waals surface area contributed by atoms with Gasteiger partial charge in [0, 0.05) is 4.88 Å². The Morgan fingerprint density at radius 1 is 1.69 bits per heavy atom. The second-order valence-electron chi connectivity index (χ2n) is 3.56. The van der Waals surface area contributed by atoms with E-state index in [1.165, 1.54) is 11.3 Å². The summed E-state index contributed by atoms with van der Waals surface area (Å²) < 4.78 is 5.03. The fourth-order valence-electron chi connectivity index (χ4n) is 1.91. The highest BCUT2D eigenvalue weighted by atomic mass is 35.5. The third kappa shape index (κ3) is 2.47. The topological polar surface area (TPSA) is 65.2 Å². The van der Waals surface area contributed by atoms with E-state index in [-0.39, 0.29) is 24.3 Å². The van der Waals surface area contributed by atoms with Crippen LogP contribution in [0.4, 0.5) is 5.13 Å². The molecule has 1 aromatic heterocycles. The lowest BCUT2D eigenvalue weighted by molar-refractivity contribution is -0.145. The number of aromatic nitrogens is 1. The Balaban J connectivity index is 0.00000128. The Morgan fingerprint density at radius 2 is 2.44 bits per heavy atom. The fourth-order valence-corrected chi connectivity index (χ4v) is 2.84. The van der Waals surface area contributed by atoms with Crippen molar-refractivity contribution in [1.29, 1.82) is 0 Å². The molecule has 2 rings (SSSR count). The summed E-state index contributed by atoms with van der Waals surface area (Å²) >= 11 is 1.49. The van der Waals surface area contributed by atoms with Crippen molar-refractivity contribution in [3.63, 3.8) is 0 Å². The first kappa shape index (κ1) is 13.3. The normalized spacial score (nSPS) is 18.4. The second-order valence-corrected chi connectivity index (χ2v) is 4.67. The van der Waals surface area contributed by atoms with E-state index in [1.54, 1.807) is 0 Å². The maximum atomic E-state index is 11.7. The summed E-state index contributed by atoms with van der Waals surface area (Å²) in [6, 6.07) is 0. The minimum Gasteiger partial charge on any atom is -0.465 e. The van der Waals surface area contributed by atoms with Gasteiger partial charge in [0.15, 0.2) is 5.13 Å². The van der Waals surface area contributed by atoms with Crippen molar-refractivity contribution in [1.82, 2.24) is 4.98 Å². The lowest BCUT2D eigenvalue weighted by Gasteiger charge is -2.18. The lowest BCUT2D eigenvalue weighted by Crippen LogP contribution is -2.20. The molecule has 90 valence electrons. The van der Waals surface area contributed by atoms with Gasteiger partial charge < -0.3 is 10.5 Å². The van der Waals surface area contributed by atoms with Crippen LogP contribution in [0.5, 0.6) is 0 Å². The standard InChI is InChI=1S/C10H14N2O2S.ClH/c1-2-14-9(13)6-4-3-5-7-8(6)12-10(11)15-7;/h6H,2-5H2,1H3,(H2,11,12);1H. The van der Waals surface area contributed by atoms with Crippen LogP contribution < -0.4 is 5.73 Å². The zero-order valence-corrected chi connectivity index (χ0v) is 10.7. The van der Waals surface area contributed by atoms with Crippen molar-refractivity contribution in [2.45, 2.75) is 32.1 Å². The second kappa shape index (κ2) is 5.50. The Labute approximate surface area is 105 Å². The molecule has 1 aromatic rings. The summed E-state index contributed by atoms with van der Waals surface area (Å²) in [6.07, 6.45) is 2.83. The number of rotatable bonds is 2. The van der Waals surface area contributed by atoms with Crippen molar-refractivity contribution in [2.75, 3.05) is 12.3 Å². The predicted octanol–water partition coefficient (Wildman–Crippen LogP) is 2.13. The van der Waals surface area contributed by atoms with Crippen molar-refractivity contribution in [2.24, 2.45) is 0 Å². The first-order chi connectivity index (χ1) is 7.22. The van der Waals surface area contributed by atoms with Gasteiger partial charge in [-0.15, -0.1) is 23.7 Å². The average Bonchev–Trinajstić information content (AvgIpc) is 2.57. The van der Waals surface area contributed by atoms with E-state index in [2.05, 4.69) is 4.98 Å². The van der Waals surface area contributed by atoms with Gasteiger partial charge in [-0.3, -0.25) is 4.79 Å². The van der Waals surface area contributed by atoms with Crippen LogP contribution in [0.25, 0.3) is 0 Å². The highest BCUT2D eigenvalue weighted by molar-refractivity contribution is 7.15. The van der Waals surface area contributed by atoms with Crippen molar-refractivity contribution < 1.29 is 9.53 Å². The van der Waals surface area contributed by atoms with E-state index < -0.39 is 0 Å². The molecule has 0 radical (unpaired) electrons. The van der Waals surface area contributed by atoms with Gasteiger partial charge in [0.05, 0.1) is 12.3 Å². The number of anilines is 1. The zero-order valence-electron chi connectivity index (χ0n) is 9.06. The number of fused-ring (bicyclic) bond motifs is 1. The summed E-state index contributed by atoms with van der Waals surface area (Å²) in [6.45, 7) is 2.24. The van der Waals surface area contributed by atoms with Gasteiger partial charge in [0.25, 0.3) is 0 Å². The van der Waals surface area contributed by atoms with Gasteiger partial charge in [-0.2, -0.15) is 0 Å². The summed E-state index contributed by atoms with van der Waals surface area (Å²) in [5.41, 5.74) is 6.50. The number of hydrogen-bond acceptors (Lipinski definition) is 5. The van der Waals surface area contributed by atoms with E-state index in [4.69, 9.17) is 10.5 Å². The quantitative estimate of drug-likeness (QED) is 0.830. The summed E-state index contributed by atoms with van der Waals surface area (Å²) in [5.74, 6) is -0.356. The number of esters is 1. The van der Waals surface area contributed by atoms with Gasteiger partial charge in [-0.05, 0) is 26.2 Å². The summed E-state index contributed by atoms with van der Waals surface area (Å²) in [7, 11) is 0. The molecule has 0 amide bonds. The number of carbonyl (C=O) groups is 1. The Bertz CT molecular complexity index is 381. The predicted molar refractivity (Wildman–Crippen MR) is 66.1 cm³/mol. The fraction of sp³-hybridized carbons (Fsp3) is 0.600. The van der Waals surface area contributed by atoms with Gasteiger partial charge in [0.2, 0.25) is 0 Å². The van der Waals surface area contributed by atoms with Gasteiger partial charge in [0.1, 0.15) is 5.92 Å². The minimum atomic E-state index is -0.192. The Hall–Kier alpha value is -0.810. The van der Waals surface area contributed by atoms with Crippen LogP contribution >= 0.6 is 23.7 Å². The van der Waals surface area contributed by atoms with Crippen LogP contribution in [-0.4, -0.2) is 17.6 Å². The molecule has 2 N–H and O–H groups in total. The molecule has 0 spiro atoms. The first-order valence-corrected chi connectivity index (χ1v) is 5.95. The van der Waals surface area contributed by atoms with E-state index >= 15 is 0 Å². The molecule has 1 heterocycles. The number of halogens is 1. The molecule has 0 saturated heterocycles. The van der Waals surface area contributed by atoms with Crippen molar-refractivity contribution in [3.05, 3.63) is 10.6 Å². The van der Waals surface area contributed by atoms with Crippen LogP contribution in [0.1, 0.15) is 36.3 Å². The molecule has 1 aliphatic rings. The summed E-state index contributed by atoms with van der Waals surface area (Å²) in [5, 5.41) is 0.552. The number of hydrogen-bond donors (Lipinski definition) is 1. The molecule has 16 heavy (non-hydrogen) atoms. The molecule has 0 aliphatic heterocycles. The lowest BCUT2D eigenvalue weighted by atomic mass is 9.91. The molecule has 0 saturated carbocycles.